The van der Waals surface area contributed by atoms with E-state index in [1.807, 2.05) is 7.05 Å². The molecular weight excluding hydrogens is 258 g/mol. The molecule has 0 aromatic heterocycles. The zero-order valence-corrected chi connectivity index (χ0v) is 11.8. The molecule has 0 bridgehead atoms. The number of benzene rings is 1. The van der Waals surface area contributed by atoms with Crippen LogP contribution < -0.4 is 10.6 Å². The van der Waals surface area contributed by atoms with Gasteiger partial charge < -0.3 is 20.6 Å². The first-order valence-electron chi connectivity index (χ1n) is 6.50. The van der Waals surface area contributed by atoms with Gasteiger partial charge in [-0.1, -0.05) is 12.1 Å². The van der Waals surface area contributed by atoms with Gasteiger partial charge in [0.05, 0.1) is 5.56 Å². The summed E-state index contributed by atoms with van der Waals surface area (Å²) in [7, 11) is 3.62. The lowest BCUT2D eigenvalue weighted by Crippen LogP contribution is -2.38. The lowest BCUT2D eigenvalue weighted by atomic mass is 10.1. The molecule has 0 radical (unpaired) electrons. The molecule has 0 saturated carbocycles. The zero-order chi connectivity index (χ0) is 15.0. The van der Waals surface area contributed by atoms with Crippen LogP contribution >= 0.6 is 0 Å². The maximum atomic E-state index is 11.8. The third-order valence-electron chi connectivity index (χ3n) is 2.91. The highest BCUT2D eigenvalue weighted by molar-refractivity contribution is 5.87. The molecule has 6 nitrogen and oxygen atoms in total. The fraction of sp³-hybridized carbons (Fsp3) is 0.429. The largest absolute Gasteiger partial charge is 0.478 e. The monoisotopic (exact) mass is 279 g/mol. The third-order valence-corrected chi connectivity index (χ3v) is 2.91. The van der Waals surface area contributed by atoms with Gasteiger partial charge in [0.2, 0.25) is 0 Å². The third kappa shape index (κ3) is 5.27. The van der Waals surface area contributed by atoms with Crippen molar-refractivity contribution in [3.8, 4) is 0 Å². The maximum absolute atomic E-state index is 11.8. The molecule has 0 aliphatic rings. The molecule has 0 aliphatic carbocycles. The van der Waals surface area contributed by atoms with E-state index in [0.29, 0.717) is 13.1 Å². The van der Waals surface area contributed by atoms with E-state index in [2.05, 4.69) is 10.6 Å². The fourth-order valence-corrected chi connectivity index (χ4v) is 1.67. The molecule has 1 aromatic carbocycles. The standard InChI is InChI=1S/C14H21N3O3/c1-15-8-3-9-17(2)14(20)16-10-11-4-6-12(7-5-11)13(18)19/h4-7,15H,3,8-10H2,1-2H3,(H,16,20)(H,18,19). The fourth-order valence-electron chi connectivity index (χ4n) is 1.67. The molecule has 1 rings (SSSR count). The molecule has 110 valence electrons. The summed E-state index contributed by atoms with van der Waals surface area (Å²) in [4.78, 5) is 24.1. The van der Waals surface area contributed by atoms with E-state index >= 15 is 0 Å². The van der Waals surface area contributed by atoms with Crippen LogP contribution in [0.15, 0.2) is 24.3 Å². The van der Waals surface area contributed by atoms with Crippen molar-refractivity contribution in [1.29, 1.82) is 0 Å². The lowest BCUT2D eigenvalue weighted by molar-refractivity contribution is 0.0697. The minimum atomic E-state index is -0.954. The van der Waals surface area contributed by atoms with Gasteiger partial charge in [-0.25, -0.2) is 9.59 Å². The Kier molecular flexibility index (Phi) is 6.52. The van der Waals surface area contributed by atoms with E-state index in [1.165, 1.54) is 12.1 Å². The molecule has 2 amide bonds. The zero-order valence-electron chi connectivity index (χ0n) is 11.8. The van der Waals surface area contributed by atoms with Crippen molar-refractivity contribution < 1.29 is 14.7 Å². The topological polar surface area (TPSA) is 81.7 Å². The van der Waals surface area contributed by atoms with Gasteiger partial charge in [0, 0.05) is 20.1 Å². The van der Waals surface area contributed by atoms with Gasteiger partial charge in [0.1, 0.15) is 0 Å². The Bertz CT molecular complexity index is 445. The van der Waals surface area contributed by atoms with Crippen LogP contribution in [0.25, 0.3) is 0 Å². The smallest absolute Gasteiger partial charge is 0.335 e. The number of hydrogen-bond acceptors (Lipinski definition) is 3. The van der Waals surface area contributed by atoms with Crippen LogP contribution in [0.5, 0.6) is 0 Å². The van der Waals surface area contributed by atoms with Crippen LogP contribution in [0, 0.1) is 0 Å². The lowest BCUT2D eigenvalue weighted by Gasteiger charge is -2.17. The first-order chi connectivity index (χ1) is 9.54. The van der Waals surface area contributed by atoms with Gasteiger partial charge in [-0.05, 0) is 37.7 Å². The van der Waals surface area contributed by atoms with Crippen LogP contribution in [-0.4, -0.2) is 49.2 Å². The molecule has 0 atom stereocenters. The molecule has 0 unspecified atom stereocenters. The number of carbonyl (C=O) groups excluding carboxylic acids is 1. The minimum absolute atomic E-state index is 0.136. The molecule has 0 fully saturated rings. The Balaban J connectivity index is 2.38. The highest BCUT2D eigenvalue weighted by atomic mass is 16.4. The van der Waals surface area contributed by atoms with Crippen molar-refractivity contribution in [3.05, 3.63) is 35.4 Å². The van der Waals surface area contributed by atoms with Crippen molar-refractivity contribution in [2.24, 2.45) is 0 Å². The number of carbonyl (C=O) groups is 2. The normalized spacial score (nSPS) is 10.1. The minimum Gasteiger partial charge on any atom is -0.478 e. The summed E-state index contributed by atoms with van der Waals surface area (Å²) in [6.07, 6.45) is 0.897. The summed E-state index contributed by atoms with van der Waals surface area (Å²) in [6.45, 7) is 1.94. The number of urea groups is 1. The number of carboxylic acids is 1. The Labute approximate surface area is 118 Å². The molecule has 1 aromatic rings. The number of nitrogens with one attached hydrogen (secondary N) is 2. The van der Waals surface area contributed by atoms with Crippen molar-refractivity contribution in [1.82, 2.24) is 15.5 Å². The van der Waals surface area contributed by atoms with Crippen LogP contribution in [0.1, 0.15) is 22.3 Å². The van der Waals surface area contributed by atoms with Crippen molar-refractivity contribution >= 4 is 12.0 Å². The Morgan fingerprint density at radius 3 is 2.45 bits per heavy atom. The van der Waals surface area contributed by atoms with Gasteiger partial charge in [-0.15, -0.1) is 0 Å². The van der Waals surface area contributed by atoms with E-state index in [9.17, 15) is 9.59 Å². The summed E-state index contributed by atoms with van der Waals surface area (Å²) in [6, 6.07) is 6.32. The number of aromatic carboxylic acids is 1. The van der Waals surface area contributed by atoms with Gasteiger partial charge in [0.25, 0.3) is 0 Å². The van der Waals surface area contributed by atoms with Gasteiger partial charge in [-0.3, -0.25) is 0 Å². The van der Waals surface area contributed by atoms with Gasteiger partial charge in [0.15, 0.2) is 0 Å². The predicted molar refractivity (Wildman–Crippen MR) is 76.8 cm³/mol. The van der Waals surface area contributed by atoms with Crippen molar-refractivity contribution in [3.63, 3.8) is 0 Å². The molecule has 3 N–H and O–H groups in total. The Morgan fingerprint density at radius 2 is 1.90 bits per heavy atom. The summed E-state index contributed by atoms with van der Waals surface area (Å²) in [5.74, 6) is -0.954. The average molecular weight is 279 g/mol. The second kappa shape index (κ2) is 8.16. The van der Waals surface area contributed by atoms with E-state index in [4.69, 9.17) is 5.11 Å². The maximum Gasteiger partial charge on any atom is 0.335 e. The van der Waals surface area contributed by atoms with Gasteiger partial charge >= 0.3 is 12.0 Å². The first-order valence-corrected chi connectivity index (χ1v) is 6.50. The Hall–Kier alpha value is -2.08. The highest BCUT2D eigenvalue weighted by Gasteiger charge is 2.07. The molecule has 0 heterocycles. The van der Waals surface area contributed by atoms with Crippen LogP contribution in [0.3, 0.4) is 0 Å². The molecule has 20 heavy (non-hydrogen) atoms. The van der Waals surface area contributed by atoms with Gasteiger partial charge in [-0.2, -0.15) is 0 Å². The number of carboxylic acid groups (broad SMARTS) is 1. The highest BCUT2D eigenvalue weighted by Crippen LogP contribution is 2.04. The van der Waals surface area contributed by atoms with E-state index in [-0.39, 0.29) is 11.6 Å². The van der Waals surface area contributed by atoms with E-state index in [0.717, 1.165) is 18.5 Å². The predicted octanol–water partition coefficient (Wildman–Crippen LogP) is 1.14. The number of nitrogens with zero attached hydrogens (tertiary/aromatic N) is 1. The Morgan fingerprint density at radius 1 is 1.25 bits per heavy atom. The van der Waals surface area contributed by atoms with E-state index in [1.54, 1.807) is 24.1 Å². The molecule has 0 aliphatic heterocycles. The average Bonchev–Trinajstić information content (AvgIpc) is 2.45. The van der Waals surface area contributed by atoms with Crippen LogP contribution in [-0.2, 0) is 6.54 Å². The van der Waals surface area contributed by atoms with Crippen LogP contribution in [0.4, 0.5) is 4.79 Å². The second-order valence-corrected chi connectivity index (χ2v) is 4.54. The van der Waals surface area contributed by atoms with E-state index < -0.39 is 5.97 Å². The molecule has 6 heteroatoms. The van der Waals surface area contributed by atoms with Crippen molar-refractivity contribution in [2.75, 3.05) is 27.2 Å². The number of rotatable bonds is 7. The SMILES string of the molecule is CNCCCN(C)C(=O)NCc1ccc(C(=O)O)cc1. The first kappa shape index (κ1) is 16.0. The summed E-state index contributed by atoms with van der Waals surface area (Å²) in [5.41, 5.74) is 1.11. The molecule has 0 saturated heterocycles. The van der Waals surface area contributed by atoms with Crippen LogP contribution in [0.2, 0.25) is 0 Å². The number of amides is 2. The van der Waals surface area contributed by atoms with Crippen molar-refractivity contribution in [2.45, 2.75) is 13.0 Å². The summed E-state index contributed by atoms with van der Waals surface area (Å²) in [5, 5.41) is 14.6. The summed E-state index contributed by atoms with van der Waals surface area (Å²) >= 11 is 0. The molecule has 0 spiro atoms. The number of hydrogen-bond donors (Lipinski definition) is 3. The quantitative estimate of drug-likeness (QED) is 0.654. The summed E-state index contributed by atoms with van der Waals surface area (Å²) < 4.78 is 0. The second-order valence-electron chi connectivity index (χ2n) is 4.54. The molecular formula is C14H21N3O3.